The lowest BCUT2D eigenvalue weighted by Gasteiger charge is -2.34. The molecule has 1 aromatic rings. The average molecular weight is 411 g/mol. The molecule has 0 bridgehead atoms. The number of rotatable bonds is 9. The summed E-state index contributed by atoms with van der Waals surface area (Å²) in [6, 6.07) is 5.66. The van der Waals surface area contributed by atoms with Crippen LogP contribution >= 0.6 is 0 Å². The van der Waals surface area contributed by atoms with Crippen molar-refractivity contribution in [2.75, 3.05) is 20.3 Å². The minimum Gasteiger partial charge on any atom is -0.493 e. The van der Waals surface area contributed by atoms with Gasteiger partial charge in [-0.2, -0.15) is 0 Å². The van der Waals surface area contributed by atoms with Crippen LogP contribution in [0.15, 0.2) is 47.3 Å². The molecule has 0 radical (unpaired) electrons. The Bertz CT molecular complexity index is 900. The Morgan fingerprint density at radius 2 is 1.90 bits per heavy atom. The number of carbonyl (C=O) groups is 1. The summed E-state index contributed by atoms with van der Waals surface area (Å²) < 4.78 is 11.4. The maximum atomic E-state index is 11.9. The van der Waals surface area contributed by atoms with Crippen molar-refractivity contribution < 1.29 is 24.2 Å². The molecule has 1 heterocycles. The van der Waals surface area contributed by atoms with Gasteiger partial charge in [0.15, 0.2) is 11.5 Å². The molecule has 0 amide bonds. The maximum absolute atomic E-state index is 11.9. The Morgan fingerprint density at radius 3 is 2.43 bits per heavy atom. The smallest absolute Gasteiger partial charge is 0.306 e. The zero-order valence-electron chi connectivity index (χ0n) is 18.0. The highest BCUT2D eigenvalue weighted by Crippen LogP contribution is 2.37. The SMILES string of the molecule is COc1ccc(C(CN2C(C)=CC(=C=O)C=C2C)C(C)C(=O)O)cc1OCC1CC1. The van der Waals surface area contributed by atoms with Crippen molar-refractivity contribution in [3.05, 3.63) is 52.9 Å². The Kier molecular flexibility index (Phi) is 6.68. The third kappa shape index (κ3) is 4.95. The predicted octanol–water partition coefficient (Wildman–Crippen LogP) is 4.17. The predicted molar refractivity (Wildman–Crippen MR) is 114 cm³/mol. The van der Waals surface area contributed by atoms with E-state index in [1.165, 1.54) is 12.8 Å². The number of allylic oxidation sites excluding steroid dienone is 5. The minimum atomic E-state index is -0.856. The van der Waals surface area contributed by atoms with Crippen molar-refractivity contribution in [3.63, 3.8) is 0 Å². The number of carbonyl (C=O) groups excluding carboxylic acids is 1. The molecule has 0 aromatic heterocycles. The molecule has 3 rings (SSSR count). The first-order valence-electron chi connectivity index (χ1n) is 10.3. The van der Waals surface area contributed by atoms with Crippen LogP contribution in [0, 0.1) is 11.8 Å². The van der Waals surface area contributed by atoms with Gasteiger partial charge in [-0.15, -0.1) is 0 Å². The molecule has 2 unspecified atom stereocenters. The van der Waals surface area contributed by atoms with E-state index in [2.05, 4.69) is 0 Å². The molecule has 2 aliphatic rings. The molecule has 1 fully saturated rings. The van der Waals surface area contributed by atoms with Gasteiger partial charge in [0.1, 0.15) is 5.94 Å². The van der Waals surface area contributed by atoms with Crippen molar-refractivity contribution in [1.82, 2.24) is 4.90 Å². The topological polar surface area (TPSA) is 76.1 Å². The lowest BCUT2D eigenvalue weighted by atomic mass is 9.86. The number of hydrogen-bond donors (Lipinski definition) is 1. The van der Waals surface area contributed by atoms with Crippen molar-refractivity contribution >= 4 is 11.9 Å². The van der Waals surface area contributed by atoms with Crippen LogP contribution in [0.5, 0.6) is 11.5 Å². The Morgan fingerprint density at radius 1 is 1.23 bits per heavy atom. The van der Waals surface area contributed by atoms with Gasteiger partial charge in [0.25, 0.3) is 0 Å². The number of aliphatic carboxylic acids is 1. The quantitative estimate of drug-likeness (QED) is 0.615. The van der Waals surface area contributed by atoms with Crippen LogP contribution in [0.2, 0.25) is 0 Å². The largest absolute Gasteiger partial charge is 0.493 e. The molecule has 1 saturated carbocycles. The van der Waals surface area contributed by atoms with Crippen molar-refractivity contribution in [2.24, 2.45) is 11.8 Å². The number of nitrogens with zero attached hydrogens (tertiary/aromatic N) is 1. The number of carboxylic acid groups (broad SMARTS) is 1. The molecule has 1 N–H and O–H groups in total. The summed E-state index contributed by atoms with van der Waals surface area (Å²) in [6.07, 6.45) is 5.90. The molecule has 1 aliphatic heterocycles. The molecule has 1 aromatic carbocycles. The fraction of sp³-hybridized carbons (Fsp3) is 0.458. The zero-order valence-corrected chi connectivity index (χ0v) is 18.0. The van der Waals surface area contributed by atoms with E-state index in [0.29, 0.717) is 36.1 Å². The van der Waals surface area contributed by atoms with E-state index in [9.17, 15) is 14.7 Å². The highest BCUT2D eigenvalue weighted by Gasteiger charge is 2.30. The molecule has 6 nitrogen and oxygen atoms in total. The first kappa shape index (κ1) is 21.7. The number of ether oxygens (including phenoxy) is 2. The highest BCUT2D eigenvalue weighted by atomic mass is 16.5. The average Bonchev–Trinajstić information content (AvgIpc) is 3.55. The zero-order chi connectivity index (χ0) is 21.8. The summed E-state index contributed by atoms with van der Waals surface area (Å²) in [4.78, 5) is 25.0. The Labute approximate surface area is 177 Å². The van der Waals surface area contributed by atoms with Gasteiger partial charge in [-0.05, 0) is 62.5 Å². The lowest BCUT2D eigenvalue weighted by Crippen LogP contribution is -2.32. The van der Waals surface area contributed by atoms with Gasteiger partial charge in [0, 0.05) is 23.9 Å². The molecular weight excluding hydrogens is 382 g/mol. The molecular formula is C24H29NO5. The van der Waals surface area contributed by atoms with Gasteiger partial charge in [0.2, 0.25) is 0 Å². The Balaban J connectivity index is 1.92. The third-order valence-electron chi connectivity index (χ3n) is 5.86. The molecule has 0 spiro atoms. The number of benzene rings is 1. The molecule has 1 aliphatic carbocycles. The number of carboxylic acids is 1. The summed E-state index contributed by atoms with van der Waals surface area (Å²) in [5.41, 5.74) is 3.14. The van der Waals surface area contributed by atoms with Crippen LogP contribution in [0.3, 0.4) is 0 Å². The normalized spacial score (nSPS) is 18.1. The summed E-state index contributed by atoms with van der Waals surface area (Å²) in [5.74, 6) is 2.06. The van der Waals surface area contributed by atoms with Crippen LogP contribution in [-0.2, 0) is 9.59 Å². The van der Waals surface area contributed by atoms with Crippen molar-refractivity contribution in [2.45, 2.75) is 39.5 Å². The van der Waals surface area contributed by atoms with Gasteiger partial charge in [-0.25, -0.2) is 4.79 Å². The molecule has 30 heavy (non-hydrogen) atoms. The van der Waals surface area contributed by atoms with Gasteiger partial charge in [0.05, 0.1) is 25.2 Å². The van der Waals surface area contributed by atoms with E-state index in [1.54, 1.807) is 26.2 Å². The van der Waals surface area contributed by atoms with E-state index < -0.39 is 11.9 Å². The highest BCUT2D eigenvalue weighted by molar-refractivity contribution is 5.71. The summed E-state index contributed by atoms with van der Waals surface area (Å²) in [6.45, 7) is 6.66. The van der Waals surface area contributed by atoms with Crippen LogP contribution in [0.25, 0.3) is 0 Å². The van der Waals surface area contributed by atoms with E-state index in [-0.39, 0.29) is 5.92 Å². The van der Waals surface area contributed by atoms with E-state index in [1.807, 2.05) is 42.9 Å². The van der Waals surface area contributed by atoms with Crippen LogP contribution in [0.1, 0.15) is 45.1 Å². The van der Waals surface area contributed by atoms with Crippen molar-refractivity contribution in [3.8, 4) is 11.5 Å². The summed E-state index contributed by atoms with van der Waals surface area (Å²) in [7, 11) is 1.60. The second kappa shape index (κ2) is 9.23. The Hall–Kier alpha value is -2.98. The minimum absolute atomic E-state index is 0.287. The van der Waals surface area contributed by atoms with E-state index in [4.69, 9.17) is 9.47 Å². The molecule has 2 atom stereocenters. The second-order valence-corrected chi connectivity index (χ2v) is 8.14. The van der Waals surface area contributed by atoms with Crippen molar-refractivity contribution in [1.29, 1.82) is 0 Å². The van der Waals surface area contributed by atoms with Gasteiger partial charge >= 0.3 is 5.97 Å². The van der Waals surface area contributed by atoms with E-state index in [0.717, 1.165) is 17.0 Å². The van der Waals surface area contributed by atoms with Crippen LogP contribution in [-0.4, -0.2) is 42.2 Å². The fourth-order valence-electron chi connectivity index (χ4n) is 3.72. The summed E-state index contributed by atoms with van der Waals surface area (Å²) in [5, 5.41) is 9.75. The van der Waals surface area contributed by atoms with Gasteiger partial charge < -0.3 is 19.5 Å². The first-order valence-corrected chi connectivity index (χ1v) is 10.3. The number of hydrogen-bond acceptors (Lipinski definition) is 5. The lowest BCUT2D eigenvalue weighted by molar-refractivity contribution is -0.142. The third-order valence-corrected chi connectivity index (χ3v) is 5.86. The van der Waals surface area contributed by atoms with Gasteiger partial charge in [-0.1, -0.05) is 13.0 Å². The van der Waals surface area contributed by atoms with E-state index >= 15 is 0 Å². The van der Waals surface area contributed by atoms with Crippen LogP contribution in [0.4, 0.5) is 0 Å². The monoisotopic (exact) mass is 411 g/mol. The fourth-order valence-corrected chi connectivity index (χ4v) is 3.72. The maximum Gasteiger partial charge on any atom is 0.306 e. The standard InChI is InChI=1S/C24H29NO5/c1-15-9-19(13-26)10-16(2)25(15)12-21(17(3)24(27)28)20-7-8-22(29-4)23(11-20)30-14-18-5-6-18/h7-11,17-18,21H,5-6,12,14H2,1-4H3,(H,27,28). The number of methoxy groups -OCH3 is 1. The van der Waals surface area contributed by atoms with Crippen LogP contribution < -0.4 is 9.47 Å². The molecule has 160 valence electrons. The molecule has 6 heteroatoms. The second-order valence-electron chi connectivity index (χ2n) is 8.14. The van der Waals surface area contributed by atoms with Gasteiger partial charge in [-0.3, -0.25) is 4.79 Å². The first-order chi connectivity index (χ1) is 14.3. The summed E-state index contributed by atoms with van der Waals surface area (Å²) >= 11 is 0. The molecule has 0 saturated heterocycles.